The first-order chi connectivity index (χ1) is 14.6. The van der Waals surface area contributed by atoms with Crippen LogP contribution in [-0.4, -0.2) is 22.8 Å². The van der Waals surface area contributed by atoms with Crippen LogP contribution in [0.25, 0.3) is 11.3 Å². The summed E-state index contributed by atoms with van der Waals surface area (Å²) < 4.78 is 0. The molecule has 0 spiro atoms. The van der Waals surface area contributed by atoms with E-state index in [2.05, 4.69) is 5.32 Å². The van der Waals surface area contributed by atoms with Crippen molar-refractivity contribution in [3.8, 4) is 11.3 Å². The molecule has 0 atom stereocenters. The molecule has 0 amide bonds. The molecular formula is C25H22N4O. The van der Waals surface area contributed by atoms with Gasteiger partial charge < -0.3 is 10.2 Å². The van der Waals surface area contributed by atoms with Crippen molar-refractivity contribution in [1.29, 1.82) is 0 Å². The molecule has 0 unspecified atom stereocenters. The number of nitrogens with one attached hydrogen (secondary N) is 1. The molecule has 0 radical (unpaired) electrons. The van der Waals surface area contributed by atoms with Crippen molar-refractivity contribution >= 4 is 28.9 Å². The fourth-order valence-corrected chi connectivity index (χ4v) is 3.14. The second kappa shape index (κ2) is 8.57. The van der Waals surface area contributed by atoms with Crippen LogP contribution in [0.2, 0.25) is 0 Å². The van der Waals surface area contributed by atoms with E-state index in [1.807, 2.05) is 96.9 Å². The Balaban J connectivity index is 1.76. The van der Waals surface area contributed by atoms with E-state index in [1.165, 1.54) is 0 Å². The molecule has 148 valence electrons. The largest absolute Gasteiger partial charge is 0.340 e. The van der Waals surface area contributed by atoms with Crippen LogP contribution in [0.15, 0.2) is 91.0 Å². The van der Waals surface area contributed by atoms with Gasteiger partial charge in [-0.3, -0.25) is 4.79 Å². The summed E-state index contributed by atoms with van der Waals surface area (Å²) in [4.78, 5) is 23.2. The molecule has 0 aliphatic carbocycles. The van der Waals surface area contributed by atoms with E-state index in [-0.39, 0.29) is 5.78 Å². The average Bonchev–Trinajstić information content (AvgIpc) is 2.79. The number of nitrogens with zero attached hydrogens (tertiary/aromatic N) is 3. The van der Waals surface area contributed by atoms with E-state index in [0.717, 1.165) is 22.6 Å². The quantitative estimate of drug-likeness (QED) is 0.415. The molecule has 3 aromatic carbocycles. The summed E-state index contributed by atoms with van der Waals surface area (Å²) in [6.45, 7) is 1.56. The molecule has 30 heavy (non-hydrogen) atoms. The van der Waals surface area contributed by atoms with Crippen LogP contribution in [0.3, 0.4) is 0 Å². The van der Waals surface area contributed by atoms with Crippen molar-refractivity contribution in [1.82, 2.24) is 9.97 Å². The Bertz CT molecular complexity index is 1160. The number of rotatable bonds is 6. The summed E-state index contributed by atoms with van der Waals surface area (Å²) in [5.74, 6) is 1.26. The number of hydrogen-bond acceptors (Lipinski definition) is 5. The molecule has 0 saturated heterocycles. The predicted molar refractivity (Wildman–Crippen MR) is 122 cm³/mol. The zero-order valence-corrected chi connectivity index (χ0v) is 16.9. The standard InChI is InChI=1S/C25H22N4O/c1-18(30)20-12-9-13-21(16-20)26-24-17-23(19-10-5-3-6-11-19)27-25(28-24)29(2)22-14-7-4-8-15-22/h3-17H,1-2H3,(H,26,27,28). The lowest BCUT2D eigenvalue weighted by Gasteiger charge is -2.19. The molecule has 0 bridgehead atoms. The minimum atomic E-state index is 0.0239. The van der Waals surface area contributed by atoms with E-state index in [1.54, 1.807) is 13.0 Å². The number of hydrogen-bond donors (Lipinski definition) is 1. The maximum atomic E-state index is 11.7. The van der Waals surface area contributed by atoms with Gasteiger partial charge in [0.05, 0.1) is 5.69 Å². The molecule has 0 aliphatic rings. The third-order valence-corrected chi connectivity index (χ3v) is 4.77. The highest BCUT2D eigenvalue weighted by atomic mass is 16.1. The first-order valence-electron chi connectivity index (χ1n) is 9.71. The fraction of sp³-hybridized carbons (Fsp3) is 0.0800. The molecule has 1 heterocycles. The zero-order chi connectivity index (χ0) is 20.9. The average molecular weight is 394 g/mol. The molecule has 0 aliphatic heterocycles. The highest BCUT2D eigenvalue weighted by molar-refractivity contribution is 5.95. The molecule has 1 aromatic heterocycles. The number of anilines is 4. The van der Waals surface area contributed by atoms with Crippen molar-refractivity contribution in [3.05, 3.63) is 96.6 Å². The minimum absolute atomic E-state index is 0.0239. The Morgan fingerprint density at radius 2 is 1.53 bits per heavy atom. The summed E-state index contributed by atoms with van der Waals surface area (Å²) in [5.41, 5.74) is 4.26. The van der Waals surface area contributed by atoms with E-state index >= 15 is 0 Å². The summed E-state index contributed by atoms with van der Waals surface area (Å²) in [6, 6.07) is 29.3. The van der Waals surface area contributed by atoms with E-state index in [0.29, 0.717) is 17.3 Å². The number of carbonyl (C=O) groups is 1. The third-order valence-electron chi connectivity index (χ3n) is 4.77. The molecule has 5 heteroatoms. The van der Waals surface area contributed by atoms with E-state index < -0.39 is 0 Å². The molecule has 4 aromatic rings. The van der Waals surface area contributed by atoms with Gasteiger partial charge in [0, 0.05) is 35.6 Å². The molecule has 0 saturated carbocycles. The van der Waals surface area contributed by atoms with E-state index in [4.69, 9.17) is 9.97 Å². The van der Waals surface area contributed by atoms with Crippen molar-refractivity contribution in [2.24, 2.45) is 0 Å². The van der Waals surface area contributed by atoms with Crippen LogP contribution in [0.1, 0.15) is 17.3 Å². The van der Waals surface area contributed by atoms with Gasteiger partial charge in [-0.05, 0) is 31.2 Å². The van der Waals surface area contributed by atoms with Gasteiger partial charge in [-0.2, -0.15) is 4.98 Å². The number of Topliss-reactive ketones (excluding diaryl/α,β-unsaturated/α-hetero) is 1. The molecular weight excluding hydrogens is 372 g/mol. The monoisotopic (exact) mass is 394 g/mol. The highest BCUT2D eigenvalue weighted by Gasteiger charge is 2.12. The molecule has 0 fully saturated rings. The number of para-hydroxylation sites is 1. The van der Waals surface area contributed by atoms with Gasteiger partial charge in [0.2, 0.25) is 5.95 Å². The topological polar surface area (TPSA) is 58.1 Å². The second-order valence-corrected chi connectivity index (χ2v) is 6.96. The van der Waals surface area contributed by atoms with Crippen LogP contribution in [-0.2, 0) is 0 Å². The number of ketones is 1. The third kappa shape index (κ3) is 4.36. The SMILES string of the molecule is CC(=O)c1cccc(Nc2cc(-c3ccccc3)nc(N(C)c3ccccc3)n2)c1. The van der Waals surface area contributed by atoms with Crippen LogP contribution in [0.4, 0.5) is 23.1 Å². The Labute approximate surface area is 176 Å². The summed E-state index contributed by atoms with van der Waals surface area (Å²) in [7, 11) is 1.94. The first-order valence-corrected chi connectivity index (χ1v) is 9.71. The maximum Gasteiger partial charge on any atom is 0.232 e. The van der Waals surface area contributed by atoms with Gasteiger partial charge in [0.15, 0.2) is 5.78 Å². The van der Waals surface area contributed by atoms with Crippen LogP contribution in [0, 0.1) is 0 Å². The van der Waals surface area contributed by atoms with Crippen molar-refractivity contribution in [3.63, 3.8) is 0 Å². The van der Waals surface area contributed by atoms with Crippen molar-refractivity contribution < 1.29 is 4.79 Å². The van der Waals surface area contributed by atoms with Gasteiger partial charge in [0.25, 0.3) is 0 Å². The Hall–Kier alpha value is -3.99. The van der Waals surface area contributed by atoms with Gasteiger partial charge in [0.1, 0.15) is 5.82 Å². The maximum absolute atomic E-state index is 11.7. The number of benzene rings is 3. The lowest BCUT2D eigenvalue weighted by atomic mass is 10.1. The Morgan fingerprint density at radius 1 is 0.833 bits per heavy atom. The molecule has 5 nitrogen and oxygen atoms in total. The Morgan fingerprint density at radius 3 is 2.23 bits per heavy atom. The van der Waals surface area contributed by atoms with Crippen molar-refractivity contribution in [2.75, 3.05) is 17.3 Å². The summed E-state index contributed by atoms with van der Waals surface area (Å²) >= 11 is 0. The van der Waals surface area contributed by atoms with Gasteiger partial charge in [-0.25, -0.2) is 4.98 Å². The lowest BCUT2D eigenvalue weighted by Crippen LogP contribution is -2.14. The highest BCUT2D eigenvalue weighted by Crippen LogP contribution is 2.27. The minimum Gasteiger partial charge on any atom is -0.340 e. The number of aromatic nitrogens is 2. The lowest BCUT2D eigenvalue weighted by molar-refractivity contribution is 0.101. The van der Waals surface area contributed by atoms with E-state index in [9.17, 15) is 4.79 Å². The summed E-state index contributed by atoms with van der Waals surface area (Å²) in [5, 5.41) is 3.33. The fourth-order valence-electron chi connectivity index (χ4n) is 3.14. The molecule has 4 rings (SSSR count). The number of carbonyl (C=O) groups excluding carboxylic acids is 1. The Kier molecular flexibility index (Phi) is 5.52. The normalized spacial score (nSPS) is 10.5. The van der Waals surface area contributed by atoms with Crippen molar-refractivity contribution in [2.45, 2.75) is 6.92 Å². The predicted octanol–water partition coefficient (Wildman–Crippen LogP) is 5.86. The van der Waals surface area contributed by atoms with Gasteiger partial charge in [-0.15, -0.1) is 0 Å². The zero-order valence-electron chi connectivity index (χ0n) is 16.9. The van der Waals surface area contributed by atoms with Crippen LogP contribution in [0.5, 0.6) is 0 Å². The van der Waals surface area contributed by atoms with Crippen LogP contribution < -0.4 is 10.2 Å². The van der Waals surface area contributed by atoms with Gasteiger partial charge >= 0.3 is 0 Å². The second-order valence-electron chi connectivity index (χ2n) is 6.96. The first kappa shape index (κ1) is 19.3. The van der Waals surface area contributed by atoms with Crippen LogP contribution >= 0.6 is 0 Å². The summed E-state index contributed by atoms with van der Waals surface area (Å²) in [6.07, 6.45) is 0. The smallest absolute Gasteiger partial charge is 0.232 e. The van der Waals surface area contributed by atoms with Gasteiger partial charge in [-0.1, -0.05) is 60.7 Å². The molecule has 1 N–H and O–H groups in total.